The van der Waals surface area contributed by atoms with Gasteiger partial charge >= 0.3 is 0 Å². The predicted molar refractivity (Wildman–Crippen MR) is 97.2 cm³/mol. The van der Waals surface area contributed by atoms with E-state index in [0.717, 1.165) is 19.5 Å². The number of rotatable bonds is 2. The van der Waals surface area contributed by atoms with E-state index in [9.17, 15) is 8.42 Å². The van der Waals surface area contributed by atoms with Crippen molar-refractivity contribution in [3.63, 3.8) is 0 Å². The first-order valence-corrected chi connectivity index (χ1v) is 9.84. The maximum absolute atomic E-state index is 12.3. The van der Waals surface area contributed by atoms with E-state index < -0.39 is 10.0 Å². The smallest absolute Gasteiger partial charge is 0.285 e. The van der Waals surface area contributed by atoms with Crippen molar-refractivity contribution in [3.05, 3.63) is 42.1 Å². The van der Waals surface area contributed by atoms with Crippen molar-refractivity contribution in [2.24, 2.45) is 4.40 Å². The van der Waals surface area contributed by atoms with Gasteiger partial charge in [-0.15, -0.1) is 4.40 Å². The van der Waals surface area contributed by atoms with Crippen molar-refractivity contribution >= 4 is 21.8 Å². The molecule has 0 aliphatic carbocycles. The largest absolute Gasteiger partial charge is 0.481 e. The summed E-state index contributed by atoms with van der Waals surface area (Å²) < 4.78 is 33.8. The maximum Gasteiger partial charge on any atom is 0.285 e. The molecular weight excluding hydrogens is 354 g/mol. The van der Waals surface area contributed by atoms with Gasteiger partial charge in [-0.3, -0.25) is 0 Å². The van der Waals surface area contributed by atoms with Gasteiger partial charge < -0.3 is 14.5 Å². The lowest BCUT2D eigenvalue weighted by Crippen LogP contribution is -2.35. The van der Waals surface area contributed by atoms with Crippen LogP contribution in [-0.4, -0.2) is 62.4 Å². The highest BCUT2D eigenvalue weighted by molar-refractivity contribution is 7.90. The Morgan fingerprint density at radius 2 is 1.81 bits per heavy atom. The predicted octanol–water partition coefficient (Wildman–Crippen LogP) is 1.15. The van der Waals surface area contributed by atoms with Gasteiger partial charge in [-0.1, -0.05) is 12.1 Å². The molecule has 9 heteroatoms. The van der Waals surface area contributed by atoms with Gasteiger partial charge in [0.2, 0.25) is 11.8 Å². The van der Waals surface area contributed by atoms with Crippen LogP contribution in [0.15, 0.2) is 45.8 Å². The van der Waals surface area contributed by atoms with Gasteiger partial charge in [0.1, 0.15) is 4.90 Å². The van der Waals surface area contributed by atoms with E-state index in [0.29, 0.717) is 36.3 Å². The SMILES string of the molecule is COc1ccnc(N2CCCN(C3=NS(=O)(=O)c4ccccc43)CC2)n1. The van der Waals surface area contributed by atoms with Crippen LogP contribution >= 0.6 is 0 Å². The van der Waals surface area contributed by atoms with Gasteiger partial charge in [0, 0.05) is 44.0 Å². The fourth-order valence-electron chi connectivity index (χ4n) is 3.24. The van der Waals surface area contributed by atoms with Crippen LogP contribution < -0.4 is 9.64 Å². The van der Waals surface area contributed by atoms with Crippen LogP contribution in [0.1, 0.15) is 12.0 Å². The molecule has 0 atom stereocenters. The van der Waals surface area contributed by atoms with E-state index in [-0.39, 0.29) is 4.90 Å². The number of benzene rings is 1. The Kier molecular flexibility index (Phi) is 4.23. The lowest BCUT2D eigenvalue weighted by atomic mass is 10.2. The van der Waals surface area contributed by atoms with Crippen LogP contribution in [0.4, 0.5) is 5.95 Å². The number of anilines is 1. The molecule has 1 fully saturated rings. The Bertz CT molecular complexity index is 960. The summed E-state index contributed by atoms with van der Waals surface area (Å²) in [4.78, 5) is 13.1. The quantitative estimate of drug-likeness (QED) is 0.780. The summed E-state index contributed by atoms with van der Waals surface area (Å²) in [5.41, 5.74) is 0.679. The van der Waals surface area contributed by atoms with E-state index in [4.69, 9.17) is 4.74 Å². The highest BCUT2D eigenvalue weighted by atomic mass is 32.2. The molecule has 0 N–H and O–H groups in total. The second kappa shape index (κ2) is 6.56. The van der Waals surface area contributed by atoms with E-state index in [1.165, 1.54) is 0 Å². The molecule has 2 aliphatic heterocycles. The van der Waals surface area contributed by atoms with Gasteiger partial charge in [0.15, 0.2) is 5.84 Å². The van der Waals surface area contributed by atoms with Crippen LogP contribution in [-0.2, 0) is 10.0 Å². The molecule has 1 aromatic heterocycles. The number of methoxy groups -OCH3 is 1. The molecule has 0 unspecified atom stereocenters. The van der Waals surface area contributed by atoms with E-state index in [2.05, 4.69) is 19.3 Å². The number of ether oxygens (including phenoxy) is 1. The van der Waals surface area contributed by atoms with Crippen LogP contribution in [0.25, 0.3) is 0 Å². The fraction of sp³-hybridized carbons (Fsp3) is 0.353. The standard InChI is InChI=1S/C17H19N5O3S/c1-25-15-7-8-18-17(19-15)22-10-4-9-21(11-12-22)16-13-5-2-3-6-14(13)26(23,24)20-16/h2-3,5-8H,4,9-12H2,1H3. The normalized spacial score (nSPS) is 18.9. The first kappa shape index (κ1) is 16.8. The van der Waals surface area contributed by atoms with E-state index in [1.807, 2.05) is 17.0 Å². The minimum absolute atomic E-state index is 0.284. The highest BCUT2D eigenvalue weighted by Gasteiger charge is 2.32. The summed E-state index contributed by atoms with van der Waals surface area (Å²) in [6.45, 7) is 2.83. The van der Waals surface area contributed by atoms with Crippen LogP contribution in [0.2, 0.25) is 0 Å². The molecule has 26 heavy (non-hydrogen) atoms. The minimum atomic E-state index is -3.60. The molecule has 0 radical (unpaired) electrons. The highest BCUT2D eigenvalue weighted by Crippen LogP contribution is 2.28. The Morgan fingerprint density at radius 3 is 2.65 bits per heavy atom. The molecular formula is C17H19N5O3S. The average Bonchev–Trinajstić information content (AvgIpc) is 2.81. The Labute approximate surface area is 152 Å². The van der Waals surface area contributed by atoms with Crippen LogP contribution in [0, 0.1) is 0 Å². The van der Waals surface area contributed by atoms with Crippen molar-refractivity contribution < 1.29 is 13.2 Å². The zero-order chi connectivity index (χ0) is 18.1. The number of hydrogen-bond acceptors (Lipinski definition) is 7. The Morgan fingerprint density at radius 1 is 1.04 bits per heavy atom. The summed E-state index contributed by atoms with van der Waals surface area (Å²) in [5.74, 6) is 1.68. The summed E-state index contributed by atoms with van der Waals surface area (Å²) in [6, 6.07) is 8.69. The molecule has 0 amide bonds. The number of aromatic nitrogens is 2. The van der Waals surface area contributed by atoms with Gasteiger partial charge in [0.05, 0.1) is 7.11 Å². The third-order valence-electron chi connectivity index (χ3n) is 4.52. The van der Waals surface area contributed by atoms with Gasteiger partial charge in [-0.2, -0.15) is 13.4 Å². The monoisotopic (exact) mass is 373 g/mol. The van der Waals surface area contributed by atoms with E-state index in [1.54, 1.807) is 31.5 Å². The molecule has 8 nitrogen and oxygen atoms in total. The van der Waals surface area contributed by atoms with Crippen molar-refractivity contribution in [3.8, 4) is 5.88 Å². The van der Waals surface area contributed by atoms with Gasteiger partial charge in [0.25, 0.3) is 10.0 Å². The van der Waals surface area contributed by atoms with Crippen molar-refractivity contribution in [1.82, 2.24) is 14.9 Å². The summed E-state index contributed by atoms with van der Waals surface area (Å²) in [5, 5.41) is 0. The molecule has 1 saturated heterocycles. The first-order valence-electron chi connectivity index (χ1n) is 8.40. The lowest BCUT2D eigenvalue weighted by molar-refractivity contribution is 0.396. The van der Waals surface area contributed by atoms with Gasteiger partial charge in [-0.25, -0.2) is 4.98 Å². The number of sulfonamides is 1. The number of fused-ring (bicyclic) bond motifs is 1. The fourth-order valence-corrected chi connectivity index (χ4v) is 4.47. The van der Waals surface area contributed by atoms with Crippen molar-refractivity contribution in [2.75, 3.05) is 38.2 Å². The van der Waals surface area contributed by atoms with E-state index >= 15 is 0 Å². The number of amidine groups is 1. The molecule has 0 spiro atoms. The zero-order valence-corrected chi connectivity index (χ0v) is 15.2. The molecule has 2 aromatic rings. The average molecular weight is 373 g/mol. The number of hydrogen-bond donors (Lipinski definition) is 0. The van der Waals surface area contributed by atoms with Crippen LogP contribution in [0.3, 0.4) is 0 Å². The van der Waals surface area contributed by atoms with Gasteiger partial charge in [-0.05, 0) is 18.6 Å². The van der Waals surface area contributed by atoms with Crippen LogP contribution in [0.5, 0.6) is 5.88 Å². The third kappa shape index (κ3) is 2.98. The molecule has 136 valence electrons. The minimum Gasteiger partial charge on any atom is -0.481 e. The Hall–Kier alpha value is -2.68. The second-order valence-electron chi connectivity index (χ2n) is 6.11. The molecule has 1 aromatic carbocycles. The molecule has 0 saturated carbocycles. The molecule has 4 rings (SSSR count). The topological polar surface area (TPSA) is 88.0 Å². The molecule has 0 bridgehead atoms. The van der Waals surface area contributed by atoms with Crippen molar-refractivity contribution in [2.45, 2.75) is 11.3 Å². The first-order chi connectivity index (χ1) is 12.6. The maximum atomic E-state index is 12.3. The zero-order valence-electron chi connectivity index (χ0n) is 14.4. The second-order valence-corrected chi connectivity index (χ2v) is 7.69. The number of nitrogens with zero attached hydrogens (tertiary/aromatic N) is 5. The summed E-state index contributed by atoms with van der Waals surface area (Å²) in [7, 11) is -2.02. The van der Waals surface area contributed by atoms with Crippen molar-refractivity contribution in [1.29, 1.82) is 0 Å². The third-order valence-corrected chi connectivity index (χ3v) is 5.84. The summed E-state index contributed by atoms with van der Waals surface area (Å²) >= 11 is 0. The Balaban J connectivity index is 1.56. The lowest BCUT2D eigenvalue weighted by Gasteiger charge is -2.23. The molecule has 3 heterocycles. The summed E-state index contributed by atoms with van der Waals surface area (Å²) in [6.07, 6.45) is 2.52. The molecule has 2 aliphatic rings.